The highest BCUT2D eigenvalue weighted by Crippen LogP contribution is 2.32. The Balaban J connectivity index is 1.56. The molecule has 1 aliphatic heterocycles. The number of aromatic nitrogens is 4. The van der Waals surface area contributed by atoms with Crippen molar-refractivity contribution in [3.63, 3.8) is 0 Å². The lowest BCUT2D eigenvalue weighted by Crippen LogP contribution is -2.46. The number of nitrogens with two attached hydrogens (primary N) is 1. The third-order valence-electron chi connectivity index (χ3n) is 5.59. The van der Waals surface area contributed by atoms with E-state index in [2.05, 4.69) is 31.8 Å². The van der Waals surface area contributed by atoms with Crippen LogP contribution in [-0.4, -0.2) is 55.8 Å². The highest BCUT2D eigenvalue weighted by atomic mass is 19.1. The van der Waals surface area contributed by atoms with E-state index in [9.17, 15) is 14.0 Å². The zero-order valence-corrected chi connectivity index (χ0v) is 19.1. The van der Waals surface area contributed by atoms with Crippen LogP contribution >= 0.6 is 0 Å². The molecule has 0 radical (unpaired) electrons. The van der Waals surface area contributed by atoms with Crippen molar-refractivity contribution in [1.29, 1.82) is 0 Å². The van der Waals surface area contributed by atoms with Crippen LogP contribution in [0, 0.1) is 12.7 Å². The smallest absolute Gasteiger partial charge is 0.322 e. The Hall–Kier alpha value is -4.41. The van der Waals surface area contributed by atoms with Crippen molar-refractivity contribution in [3.8, 4) is 22.9 Å². The van der Waals surface area contributed by atoms with Crippen molar-refractivity contribution in [1.82, 2.24) is 30.2 Å². The fourth-order valence-electron chi connectivity index (χ4n) is 3.80. The fraction of sp³-hybridized carbons (Fsp3) is 0.250. The Morgan fingerprint density at radius 1 is 1.23 bits per heavy atom. The Bertz CT molecular complexity index is 1280. The molecular formula is C24H24FN7O3. The first kappa shape index (κ1) is 23.7. The molecule has 0 spiro atoms. The lowest BCUT2D eigenvalue weighted by Gasteiger charge is -2.32. The maximum atomic E-state index is 14.9. The Labute approximate surface area is 201 Å². The van der Waals surface area contributed by atoms with Gasteiger partial charge in [-0.1, -0.05) is 12.6 Å². The first-order valence-electron chi connectivity index (χ1n) is 11.0. The third kappa shape index (κ3) is 5.40. The number of nitrogen functional groups attached to an aromatic ring is 1. The van der Waals surface area contributed by atoms with Crippen molar-refractivity contribution in [3.05, 3.63) is 66.6 Å². The number of carbonyl (C=O) groups excluding carboxylic acids is 2. The van der Waals surface area contributed by atoms with Gasteiger partial charge in [-0.2, -0.15) is 0 Å². The normalized spacial score (nSPS) is 13.8. The molecule has 0 saturated carbocycles. The predicted octanol–water partition coefficient (Wildman–Crippen LogP) is 2.66. The summed E-state index contributed by atoms with van der Waals surface area (Å²) in [4.78, 5) is 42.7. The zero-order valence-electron chi connectivity index (χ0n) is 19.1. The standard InChI is InChI=1S/C24H24FN7O3/c1-3-19(33)31-16-7-10-32(11-8-16)23(34)21-20(22(26)29-13-28-21)15-4-5-18(17(25)12-15)35-24-27-9-6-14(2)30-24/h3-6,9,12-13,16H,1,7-8,10-11H2,2H3,(H,31,33)(H2,26,28,29). The van der Waals surface area contributed by atoms with E-state index < -0.39 is 5.82 Å². The molecule has 11 heteroatoms. The van der Waals surface area contributed by atoms with E-state index in [4.69, 9.17) is 10.5 Å². The number of nitrogens with zero attached hydrogens (tertiary/aromatic N) is 5. The van der Waals surface area contributed by atoms with E-state index in [1.807, 2.05) is 0 Å². The van der Waals surface area contributed by atoms with Crippen LogP contribution in [0.2, 0.25) is 0 Å². The number of ether oxygens (including phenoxy) is 1. The molecule has 1 saturated heterocycles. The second kappa shape index (κ2) is 10.2. The van der Waals surface area contributed by atoms with E-state index in [1.54, 1.807) is 24.0 Å². The van der Waals surface area contributed by atoms with Crippen LogP contribution in [0.1, 0.15) is 29.0 Å². The number of halogens is 1. The van der Waals surface area contributed by atoms with Gasteiger partial charge in [0, 0.05) is 31.0 Å². The average molecular weight is 478 g/mol. The number of benzene rings is 1. The van der Waals surface area contributed by atoms with Crippen LogP contribution in [0.3, 0.4) is 0 Å². The van der Waals surface area contributed by atoms with Crippen molar-refractivity contribution >= 4 is 17.6 Å². The number of nitrogens with one attached hydrogen (secondary N) is 1. The van der Waals surface area contributed by atoms with Crippen LogP contribution in [0.15, 0.2) is 49.4 Å². The Morgan fingerprint density at radius 2 is 2.00 bits per heavy atom. The number of aryl methyl sites for hydroxylation is 1. The molecule has 1 aromatic carbocycles. The molecular weight excluding hydrogens is 453 g/mol. The number of hydrogen-bond acceptors (Lipinski definition) is 8. The number of amides is 2. The van der Waals surface area contributed by atoms with Gasteiger partial charge in [-0.25, -0.2) is 24.3 Å². The molecule has 0 aliphatic carbocycles. The average Bonchev–Trinajstić information content (AvgIpc) is 2.85. The summed E-state index contributed by atoms with van der Waals surface area (Å²) in [6.07, 6.45) is 5.11. The van der Waals surface area contributed by atoms with Crippen molar-refractivity contribution in [2.24, 2.45) is 0 Å². The lowest BCUT2D eigenvalue weighted by atomic mass is 10.0. The van der Waals surface area contributed by atoms with E-state index in [0.717, 1.165) is 0 Å². The van der Waals surface area contributed by atoms with Crippen LogP contribution < -0.4 is 15.8 Å². The van der Waals surface area contributed by atoms with Gasteiger partial charge in [0.1, 0.15) is 17.8 Å². The summed E-state index contributed by atoms with van der Waals surface area (Å²) in [6.45, 7) is 6.05. The van der Waals surface area contributed by atoms with Crippen molar-refractivity contribution in [2.75, 3.05) is 18.8 Å². The summed E-state index contributed by atoms with van der Waals surface area (Å²) in [7, 11) is 0. The number of likely N-dealkylation sites (tertiary alicyclic amines) is 1. The van der Waals surface area contributed by atoms with Gasteiger partial charge < -0.3 is 20.7 Å². The second-order valence-corrected chi connectivity index (χ2v) is 7.99. The number of piperidine rings is 1. The summed E-state index contributed by atoms with van der Waals surface area (Å²) < 4.78 is 20.4. The first-order chi connectivity index (χ1) is 16.9. The summed E-state index contributed by atoms with van der Waals surface area (Å²) in [6, 6.07) is 5.85. The molecule has 1 aliphatic rings. The SMILES string of the molecule is C=CC(=O)NC1CCN(C(=O)c2ncnc(N)c2-c2ccc(Oc3nccc(C)n3)c(F)c2)CC1. The monoisotopic (exact) mass is 477 g/mol. The fourth-order valence-corrected chi connectivity index (χ4v) is 3.80. The highest BCUT2D eigenvalue weighted by Gasteiger charge is 2.28. The lowest BCUT2D eigenvalue weighted by molar-refractivity contribution is -0.117. The zero-order chi connectivity index (χ0) is 24.9. The summed E-state index contributed by atoms with van der Waals surface area (Å²) in [5.74, 6) is -1.31. The van der Waals surface area contributed by atoms with Gasteiger partial charge in [-0.3, -0.25) is 9.59 Å². The summed E-state index contributed by atoms with van der Waals surface area (Å²) in [5.41, 5.74) is 7.40. The Kier molecular flexibility index (Phi) is 6.95. The first-order valence-corrected chi connectivity index (χ1v) is 11.0. The molecule has 2 aromatic heterocycles. The number of rotatable bonds is 6. The number of anilines is 1. The van der Waals surface area contributed by atoms with Crippen LogP contribution in [0.4, 0.5) is 10.2 Å². The third-order valence-corrected chi connectivity index (χ3v) is 5.59. The second-order valence-electron chi connectivity index (χ2n) is 7.99. The van der Waals surface area contributed by atoms with Gasteiger partial charge in [-0.15, -0.1) is 0 Å². The molecule has 180 valence electrons. The topological polar surface area (TPSA) is 136 Å². The molecule has 3 N–H and O–H groups in total. The van der Waals surface area contributed by atoms with Gasteiger partial charge in [-0.05, 0) is 49.6 Å². The minimum absolute atomic E-state index is 0.0164. The number of hydrogen-bond donors (Lipinski definition) is 2. The van der Waals surface area contributed by atoms with Gasteiger partial charge in [0.15, 0.2) is 11.6 Å². The molecule has 2 amide bonds. The van der Waals surface area contributed by atoms with Gasteiger partial charge in [0.05, 0.1) is 5.56 Å². The van der Waals surface area contributed by atoms with Gasteiger partial charge in [0.25, 0.3) is 5.91 Å². The van der Waals surface area contributed by atoms with Crippen LogP contribution in [0.25, 0.3) is 11.1 Å². The maximum Gasteiger partial charge on any atom is 0.322 e. The van der Waals surface area contributed by atoms with E-state index >= 15 is 0 Å². The molecule has 4 rings (SSSR count). The van der Waals surface area contributed by atoms with Crippen molar-refractivity contribution < 1.29 is 18.7 Å². The maximum absolute atomic E-state index is 14.9. The molecule has 1 fully saturated rings. The quantitative estimate of drug-likeness (QED) is 0.517. The molecule has 35 heavy (non-hydrogen) atoms. The molecule has 3 heterocycles. The molecule has 3 aromatic rings. The minimum atomic E-state index is -0.687. The Morgan fingerprint density at radius 3 is 2.69 bits per heavy atom. The van der Waals surface area contributed by atoms with Gasteiger partial charge >= 0.3 is 6.01 Å². The predicted molar refractivity (Wildman–Crippen MR) is 126 cm³/mol. The molecule has 0 unspecified atom stereocenters. The molecule has 10 nitrogen and oxygen atoms in total. The molecule has 0 atom stereocenters. The summed E-state index contributed by atoms with van der Waals surface area (Å²) in [5, 5.41) is 2.84. The number of carbonyl (C=O) groups is 2. The van der Waals surface area contributed by atoms with Crippen molar-refractivity contribution in [2.45, 2.75) is 25.8 Å². The largest absolute Gasteiger partial charge is 0.421 e. The van der Waals surface area contributed by atoms with E-state index in [1.165, 1.54) is 30.7 Å². The van der Waals surface area contributed by atoms with E-state index in [0.29, 0.717) is 37.2 Å². The van der Waals surface area contributed by atoms with Crippen LogP contribution in [-0.2, 0) is 4.79 Å². The van der Waals surface area contributed by atoms with E-state index in [-0.39, 0.29) is 46.7 Å². The highest BCUT2D eigenvalue weighted by molar-refractivity contribution is 6.01. The summed E-state index contributed by atoms with van der Waals surface area (Å²) >= 11 is 0. The van der Waals surface area contributed by atoms with Gasteiger partial charge in [0.2, 0.25) is 5.91 Å². The molecule has 0 bridgehead atoms. The van der Waals surface area contributed by atoms with Crippen LogP contribution in [0.5, 0.6) is 11.8 Å². The minimum Gasteiger partial charge on any atom is -0.421 e.